The Bertz CT molecular complexity index is 729. The predicted molar refractivity (Wildman–Crippen MR) is 105 cm³/mol. The molecule has 138 valence electrons. The van der Waals surface area contributed by atoms with E-state index < -0.39 is 6.04 Å². The maximum Gasteiger partial charge on any atom is 0.319 e. The highest BCUT2D eigenvalue weighted by molar-refractivity contribution is 5.93. The highest BCUT2D eigenvalue weighted by atomic mass is 16.2. The molecule has 0 bridgehead atoms. The summed E-state index contributed by atoms with van der Waals surface area (Å²) in [4.78, 5) is 24.7. The fourth-order valence-corrected chi connectivity index (χ4v) is 2.69. The lowest BCUT2D eigenvalue weighted by atomic mass is 10.0. The van der Waals surface area contributed by atoms with Crippen LogP contribution in [0, 0.1) is 12.8 Å². The molecule has 2 rings (SSSR count). The molecule has 0 heterocycles. The first-order valence-corrected chi connectivity index (χ1v) is 8.92. The lowest BCUT2D eigenvalue weighted by molar-refractivity contribution is -0.123. The molecule has 0 saturated heterocycles. The van der Waals surface area contributed by atoms with E-state index in [1.807, 2.05) is 44.2 Å². The van der Waals surface area contributed by atoms with Crippen LogP contribution in [0.5, 0.6) is 0 Å². The molecule has 3 amide bonds. The van der Waals surface area contributed by atoms with Crippen molar-refractivity contribution in [1.29, 1.82) is 0 Å². The second-order valence-corrected chi connectivity index (χ2v) is 6.65. The molecule has 0 saturated carbocycles. The number of anilines is 1. The number of amides is 3. The number of rotatable bonds is 7. The number of nitrogens with one attached hydrogen (secondary N) is 3. The van der Waals surface area contributed by atoms with Crippen LogP contribution in [0.25, 0.3) is 0 Å². The van der Waals surface area contributed by atoms with Gasteiger partial charge in [0.2, 0.25) is 5.91 Å². The van der Waals surface area contributed by atoms with Crippen molar-refractivity contribution in [3.05, 3.63) is 65.7 Å². The summed E-state index contributed by atoms with van der Waals surface area (Å²) in [5.41, 5.74) is 3.11. The van der Waals surface area contributed by atoms with E-state index in [1.165, 1.54) is 11.1 Å². The van der Waals surface area contributed by atoms with E-state index in [0.717, 1.165) is 6.42 Å². The summed E-state index contributed by atoms with van der Waals surface area (Å²) >= 11 is 0. The van der Waals surface area contributed by atoms with Gasteiger partial charge >= 0.3 is 6.03 Å². The van der Waals surface area contributed by atoms with Gasteiger partial charge < -0.3 is 16.0 Å². The molecular weight excluding hydrogens is 326 g/mol. The van der Waals surface area contributed by atoms with Crippen molar-refractivity contribution < 1.29 is 9.59 Å². The van der Waals surface area contributed by atoms with Gasteiger partial charge in [0.25, 0.3) is 0 Å². The summed E-state index contributed by atoms with van der Waals surface area (Å²) in [6, 6.07) is 16.3. The Kier molecular flexibility index (Phi) is 7.21. The van der Waals surface area contributed by atoms with E-state index >= 15 is 0 Å². The van der Waals surface area contributed by atoms with Gasteiger partial charge in [-0.25, -0.2) is 4.79 Å². The number of carbonyl (C=O) groups is 2. The zero-order valence-corrected chi connectivity index (χ0v) is 15.6. The van der Waals surface area contributed by atoms with Crippen LogP contribution >= 0.6 is 0 Å². The van der Waals surface area contributed by atoms with Gasteiger partial charge in [-0.15, -0.1) is 0 Å². The average Bonchev–Trinajstić information content (AvgIpc) is 2.62. The van der Waals surface area contributed by atoms with Gasteiger partial charge in [-0.05, 0) is 42.5 Å². The van der Waals surface area contributed by atoms with Gasteiger partial charge in [0.1, 0.15) is 6.04 Å². The molecule has 0 aliphatic carbocycles. The summed E-state index contributed by atoms with van der Waals surface area (Å²) in [5, 5.41) is 8.43. The first-order valence-electron chi connectivity index (χ1n) is 8.92. The number of aryl methyl sites for hydroxylation is 1. The normalized spacial score (nSPS) is 11.7. The molecule has 0 aromatic heterocycles. The monoisotopic (exact) mass is 353 g/mol. The van der Waals surface area contributed by atoms with E-state index in [4.69, 9.17) is 0 Å². The molecule has 3 N–H and O–H groups in total. The number of para-hydroxylation sites is 1. The van der Waals surface area contributed by atoms with Crippen LogP contribution in [0.2, 0.25) is 0 Å². The summed E-state index contributed by atoms with van der Waals surface area (Å²) in [6.07, 6.45) is 0.763. The predicted octanol–water partition coefficient (Wildman–Crippen LogP) is 3.50. The first kappa shape index (κ1) is 19.5. The standard InChI is InChI=1S/C21H27N3O2/c1-15(2)19(24-21(26)23-18-11-5-4-6-12-18)20(25)22-14-13-17-10-8-7-9-16(17)3/h4-12,15,19H,13-14H2,1-3H3,(H,22,25)(H2,23,24,26)/t19-/m0/s1. The maximum absolute atomic E-state index is 12.5. The molecule has 0 aliphatic rings. The molecule has 0 unspecified atom stereocenters. The quantitative estimate of drug-likeness (QED) is 0.713. The van der Waals surface area contributed by atoms with Crippen LogP contribution in [0.3, 0.4) is 0 Å². The summed E-state index contributed by atoms with van der Waals surface area (Å²) in [7, 11) is 0. The Balaban J connectivity index is 1.86. The molecular formula is C21H27N3O2. The lowest BCUT2D eigenvalue weighted by Gasteiger charge is -2.22. The van der Waals surface area contributed by atoms with E-state index in [2.05, 4.69) is 35.0 Å². The molecule has 0 aliphatic heterocycles. The minimum Gasteiger partial charge on any atom is -0.354 e. The zero-order chi connectivity index (χ0) is 18.9. The van der Waals surface area contributed by atoms with Crippen LogP contribution in [-0.2, 0) is 11.2 Å². The fourth-order valence-electron chi connectivity index (χ4n) is 2.69. The minimum absolute atomic E-state index is 0.0185. The van der Waals surface area contributed by atoms with Crippen molar-refractivity contribution in [2.75, 3.05) is 11.9 Å². The summed E-state index contributed by atoms with van der Waals surface area (Å²) < 4.78 is 0. The Labute approximate surface area is 155 Å². The topological polar surface area (TPSA) is 70.2 Å². The van der Waals surface area contributed by atoms with Crippen molar-refractivity contribution >= 4 is 17.6 Å². The lowest BCUT2D eigenvalue weighted by Crippen LogP contribution is -2.51. The highest BCUT2D eigenvalue weighted by Gasteiger charge is 2.23. The molecule has 0 fully saturated rings. The van der Waals surface area contributed by atoms with Crippen LogP contribution < -0.4 is 16.0 Å². The summed E-state index contributed by atoms with van der Waals surface area (Å²) in [6.45, 7) is 6.42. The molecule has 5 heteroatoms. The average molecular weight is 353 g/mol. The SMILES string of the molecule is Cc1ccccc1CCNC(=O)[C@@H](NC(=O)Nc1ccccc1)C(C)C. The van der Waals surface area contributed by atoms with E-state index in [0.29, 0.717) is 12.2 Å². The highest BCUT2D eigenvalue weighted by Crippen LogP contribution is 2.08. The minimum atomic E-state index is -0.587. The Morgan fingerprint density at radius 2 is 1.62 bits per heavy atom. The molecule has 2 aromatic rings. The molecule has 26 heavy (non-hydrogen) atoms. The van der Waals surface area contributed by atoms with Crippen molar-refractivity contribution in [2.45, 2.75) is 33.2 Å². The van der Waals surface area contributed by atoms with Gasteiger partial charge in [-0.1, -0.05) is 56.3 Å². The van der Waals surface area contributed by atoms with Crippen LogP contribution in [0.15, 0.2) is 54.6 Å². The number of hydrogen-bond acceptors (Lipinski definition) is 2. The van der Waals surface area contributed by atoms with Gasteiger partial charge in [0.05, 0.1) is 0 Å². The molecule has 0 spiro atoms. The molecule has 1 atom stereocenters. The molecule has 5 nitrogen and oxygen atoms in total. The summed E-state index contributed by atoms with van der Waals surface area (Å²) in [5.74, 6) is -0.188. The van der Waals surface area contributed by atoms with E-state index in [1.54, 1.807) is 12.1 Å². The third-order valence-corrected chi connectivity index (χ3v) is 4.22. The fraction of sp³-hybridized carbons (Fsp3) is 0.333. The van der Waals surface area contributed by atoms with Crippen LogP contribution in [-0.4, -0.2) is 24.5 Å². The van der Waals surface area contributed by atoms with Crippen molar-refractivity contribution in [3.8, 4) is 0 Å². The Morgan fingerprint density at radius 1 is 0.962 bits per heavy atom. The van der Waals surface area contributed by atoms with Crippen LogP contribution in [0.4, 0.5) is 10.5 Å². The maximum atomic E-state index is 12.5. The van der Waals surface area contributed by atoms with E-state index in [-0.39, 0.29) is 17.9 Å². The molecule has 2 aromatic carbocycles. The van der Waals surface area contributed by atoms with Crippen molar-refractivity contribution in [3.63, 3.8) is 0 Å². The van der Waals surface area contributed by atoms with Crippen LogP contribution in [0.1, 0.15) is 25.0 Å². The third-order valence-electron chi connectivity index (χ3n) is 4.22. The number of hydrogen-bond donors (Lipinski definition) is 3. The smallest absolute Gasteiger partial charge is 0.319 e. The Hall–Kier alpha value is -2.82. The van der Waals surface area contributed by atoms with Gasteiger partial charge in [0.15, 0.2) is 0 Å². The second-order valence-electron chi connectivity index (χ2n) is 6.65. The van der Waals surface area contributed by atoms with Gasteiger partial charge in [-0.3, -0.25) is 4.79 Å². The number of carbonyl (C=O) groups excluding carboxylic acids is 2. The molecule has 0 radical (unpaired) electrons. The van der Waals surface area contributed by atoms with Gasteiger partial charge in [0, 0.05) is 12.2 Å². The number of urea groups is 1. The first-order chi connectivity index (χ1) is 12.5. The second kappa shape index (κ2) is 9.61. The van der Waals surface area contributed by atoms with Crippen molar-refractivity contribution in [1.82, 2.24) is 10.6 Å². The zero-order valence-electron chi connectivity index (χ0n) is 15.6. The Morgan fingerprint density at radius 3 is 2.27 bits per heavy atom. The number of benzene rings is 2. The van der Waals surface area contributed by atoms with Gasteiger partial charge in [-0.2, -0.15) is 0 Å². The largest absolute Gasteiger partial charge is 0.354 e. The third kappa shape index (κ3) is 5.92. The van der Waals surface area contributed by atoms with Crippen molar-refractivity contribution in [2.24, 2.45) is 5.92 Å². The van der Waals surface area contributed by atoms with E-state index in [9.17, 15) is 9.59 Å².